The Hall–Kier alpha value is -5.54. The number of nitrogens with one attached hydrogen (secondary N) is 1. The van der Waals surface area contributed by atoms with Crippen LogP contribution in [0.4, 0.5) is 0 Å². The molecule has 3 aromatic carbocycles. The molecule has 6 N–H and O–H groups in total. The van der Waals surface area contributed by atoms with Crippen molar-refractivity contribution in [1.29, 1.82) is 0 Å². The fourth-order valence-electron chi connectivity index (χ4n) is 3.20. The fourth-order valence-corrected chi connectivity index (χ4v) is 3.20. The number of aliphatic hydroxyl groups excluding tert-OH is 2. The zero-order valence-electron chi connectivity index (χ0n) is 22.5. The summed E-state index contributed by atoms with van der Waals surface area (Å²) in [5, 5.41) is 54.3. The van der Waals surface area contributed by atoms with E-state index in [0.29, 0.717) is 22.1 Å². The van der Waals surface area contributed by atoms with E-state index >= 15 is 0 Å². The molecule has 6 aromatic rings. The van der Waals surface area contributed by atoms with Gasteiger partial charge < -0.3 is 15.3 Å². The molecule has 0 spiro atoms. The van der Waals surface area contributed by atoms with Gasteiger partial charge >= 0.3 is 10.4 Å². The molecular weight excluding hydrogens is 606 g/mol. The number of nitrogens with zero attached hydrogens (tertiary/aromatic N) is 8. The molecule has 232 valence electrons. The first kappa shape index (κ1) is 34.7. The molecule has 3 heterocycles. The van der Waals surface area contributed by atoms with Crippen LogP contribution >= 0.6 is 0 Å². The third-order valence-electron chi connectivity index (χ3n) is 4.80. The van der Waals surface area contributed by atoms with E-state index in [9.17, 15) is 10.2 Å². The van der Waals surface area contributed by atoms with Gasteiger partial charge in [0.05, 0.1) is 11.0 Å². The molecule has 0 aliphatic carbocycles. The summed E-state index contributed by atoms with van der Waals surface area (Å²) in [6.45, 7) is 1.08. The zero-order chi connectivity index (χ0) is 32.7. The van der Waals surface area contributed by atoms with Crippen LogP contribution in [0, 0.1) is 0 Å². The van der Waals surface area contributed by atoms with E-state index in [1.165, 1.54) is 9.36 Å². The topological polar surface area (TPSA) is 289 Å². The zero-order valence-corrected chi connectivity index (χ0v) is 23.3. The van der Waals surface area contributed by atoms with Gasteiger partial charge in [0.15, 0.2) is 25.0 Å². The molecule has 44 heavy (non-hydrogen) atoms. The van der Waals surface area contributed by atoms with Crippen molar-refractivity contribution in [2.24, 2.45) is 0 Å². The van der Waals surface area contributed by atoms with Crippen molar-refractivity contribution in [1.82, 2.24) is 45.4 Å². The normalized spacial score (nSPS) is 11.7. The number of carboxylic acids is 1. The summed E-state index contributed by atoms with van der Waals surface area (Å²) in [4.78, 5) is 26.6. The monoisotopic (exact) mass is 631 g/mol. The summed E-state index contributed by atoms with van der Waals surface area (Å²) in [6, 6.07) is 22.1. The maximum Gasteiger partial charge on any atom is 0.394 e. The van der Waals surface area contributed by atoms with Crippen molar-refractivity contribution in [3.63, 3.8) is 0 Å². The fraction of sp³-hybridized carbons (Fsp3) is 0.125. The number of hydrogen-bond acceptors (Lipinski definition) is 13. The van der Waals surface area contributed by atoms with Crippen LogP contribution in [-0.2, 0) is 24.8 Å². The Bertz CT molecular complexity index is 1780. The average Bonchev–Trinajstić information content (AvgIpc) is 3.74. The van der Waals surface area contributed by atoms with Gasteiger partial charge in [-0.3, -0.25) is 23.5 Å². The largest absolute Gasteiger partial charge is 0.481 e. The molecule has 0 fully saturated rings. The first-order valence-electron chi connectivity index (χ1n) is 11.9. The van der Waals surface area contributed by atoms with Gasteiger partial charge in [-0.05, 0) is 36.4 Å². The lowest BCUT2D eigenvalue weighted by Crippen LogP contribution is -2.24. The Morgan fingerprint density at radius 2 is 1.02 bits per heavy atom. The third kappa shape index (κ3) is 11.0. The van der Waals surface area contributed by atoms with Gasteiger partial charge in [-0.1, -0.05) is 46.8 Å². The quantitative estimate of drug-likeness (QED) is 0.0883. The number of benzene rings is 3. The molecule has 0 radical (unpaired) electrons. The van der Waals surface area contributed by atoms with E-state index in [0.717, 1.165) is 18.0 Å². The van der Waals surface area contributed by atoms with Crippen LogP contribution in [-0.4, -0.2) is 96.8 Å². The number of aliphatic carboxylic acids is 1. The predicted octanol–water partition coefficient (Wildman–Crippen LogP) is 0.638. The number of aromatic nitrogens is 9. The second-order valence-electron chi connectivity index (χ2n) is 7.92. The van der Waals surface area contributed by atoms with E-state index in [2.05, 4.69) is 36.0 Å². The second-order valence-corrected chi connectivity index (χ2v) is 8.82. The van der Waals surface area contributed by atoms with Gasteiger partial charge in [-0.15, -0.1) is 10.2 Å². The summed E-state index contributed by atoms with van der Waals surface area (Å²) >= 11 is 0. The molecule has 0 aliphatic rings. The lowest BCUT2D eigenvalue weighted by atomic mass is 10.3. The highest BCUT2D eigenvalue weighted by molar-refractivity contribution is 7.79. The van der Waals surface area contributed by atoms with Gasteiger partial charge in [0, 0.05) is 6.92 Å². The first-order valence-corrected chi connectivity index (χ1v) is 13.3. The molecular formula is C24H25N9O10S. The maximum absolute atomic E-state index is 10.4. The highest BCUT2D eigenvalue weighted by Gasteiger charge is 2.25. The highest BCUT2D eigenvalue weighted by atomic mass is 32.3. The van der Waals surface area contributed by atoms with Crippen LogP contribution in [0.15, 0.2) is 72.8 Å². The molecule has 0 saturated carbocycles. The first-order chi connectivity index (χ1) is 20.9. The summed E-state index contributed by atoms with van der Waals surface area (Å²) in [7, 11) is -4.67. The van der Waals surface area contributed by atoms with Crippen LogP contribution in [0.3, 0.4) is 0 Å². The van der Waals surface area contributed by atoms with Crippen molar-refractivity contribution < 1.29 is 47.2 Å². The number of para-hydroxylation sites is 4. The lowest BCUT2D eigenvalue weighted by Gasteiger charge is -2.18. The number of carboxylic acid groups (broad SMARTS) is 1. The molecule has 20 heteroatoms. The van der Waals surface area contributed by atoms with Gasteiger partial charge in [0.1, 0.15) is 22.1 Å². The number of fused-ring (bicyclic) bond motifs is 3. The number of rotatable bonds is 4. The minimum atomic E-state index is -4.67. The average molecular weight is 632 g/mol. The molecule has 0 amide bonds. The van der Waals surface area contributed by atoms with Crippen molar-refractivity contribution in [2.75, 3.05) is 0 Å². The Morgan fingerprint density at radius 1 is 0.727 bits per heavy atom. The van der Waals surface area contributed by atoms with Gasteiger partial charge in [-0.25, -0.2) is 9.36 Å². The molecule has 19 nitrogen and oxygen atoms in total. The number of aromatic amines is 1. The minimum Gasteiger partial charge on any atom is -0.481 e. The number of H-pyrrole nitrogens is 1. The summed E-state index contributed by atoms with van der Waals surface area (Å²) in [5.41, 5.74) is 4.35. The Labute approximate surface area is 246 Å². The number of carbonyl (C=O) groups is 3. The van der Waals surface area contributed by atoms with Crippen molar-refractivity contribution in [2.45, 2.75) is 19.4 Å². The Balaban J connectivity index is 0.000000251. The molecule has 2 unspecified atom stereocenters. The molecule has 3 aromatic heterocycles. The number of aldehydes is 2. The Morgan fingerprint density at radius 3 is 1.34 bits per heavy atom. The number of carbonyl (C=O) groups excluding carboxylic acids is 2. The predicted molar refractivity (Wildman–Crippen MR) is 151 cm³/mol. The van der Waals surface area contributed by atoms with Crippen LogP contribution in [0.2, 0.25) is 0 Å². The van der Waals surface area contributed by atoms with Crippen LogP contribution < -0.4 is 0 Å². The molecule has 2 atom stereocenters. The minimum absolute atomic E-state index is 0.194. The number of hydrogen-bond donors (Lipinski definition) is 6. The molecule has 0 saturated heterocycles. The van der Waals surface area contributed by atoms with Crippen LogP contribution in [0.25, 0.3) is 33.1 Å². The van der Waals surface area contributed by atoms with E-state index in [-0.39, 0.29) is 12.6 Å². The van der Waals surface area contributed by atoms with E-state index in [4.69, 9.17) is 37.0 Å². The van der Waals surface area contributed by atoms with Crippen LogP contribution in [0.1, 0.15) is 19.4 Å². The van der Waals surface area contributed by atoms with E-state index in [1.807, 2.05) is 48.5 Å². The molecule has 0 aliphatic heterocycles. The third-order valence-corrected chi connectivity index (χ3v) is 4.80. The summed E-state index contributed by atoms with van der Waals surface area (Å²) < 4.78 is 34.1. The maximum atomic E-state index is 10.4. The smallest absolute Gasteiger partial charge is 0.394 e. The SMILES string of the molecule is CC(=O)O.O=CC=O.O=S(=O)(O)O.OC(C(O)n1nnc2ccccc21)n1nnc2ccccc21.c1ccc2n[nH]nc2c1. The molecule has 0 bridgehead atoms. The Kier molecular flexibility index (Phi) is 13.2. The van der Waals surface area contributed by atoms with Gasteiger partial charge in [0.2, 0.25) is 0 Å². The summed E-state index contributed by atoms with van der Waals surface area (Å²) in [6.07, 6.45) is -2.28. The second kappa shape index (κ2) is 16.8. The van der Waals surface area contributed by atoms with E-state index < -0.39 is 28.8 Å². The van der Waals surface area contributed by atoms with Gasteiger partial charge in [-0.2, -0.15) is 23.8 Å². The van der Waals surface area contributed by atoms with Crippen LogP contribution in [0.5, 0.6) is 0 Å². The highest BCUT2D eigenvalue weighted by Crippen LogP contribution is 2.24. The van der Waals surface area contributed by atoms with Crippen molar-refractivity contribution in [3.8, 4) is 0 Å². The van der Waals surface area contributed by atoms with E-state index in [1.54, 1.807) is 24.3 Å². The summed E-state index contributed by atoms with van der Waals surface area (Å²) in [5.74, 6) is -0.833. The standard InChI is InChI=1S/C14H12N6O2.C6H5N3.C2H4O2.C2H2O2.H2O4S/c21-13(19-11-7-3-1-5-9(11)15-17-19)14(22)20-12-8-4-2-6-10(12)16-18-20;1-2-4-6-5(3-1)7-9-8-6;1-2(3)4;3-1-2-4;1-5(2,3)4/h1-8,13-14,21-22H;1-4H,(H,7,8,9);1H3,(H,3,4);1-2H;(H2,1,2,3,4). The van der Waals surface area contributed by atoms with Crippen molar-refractivity contribution >= 4 is 62.0 Å². The lowest BCUT2D eigenvalue weighted by molar-refractivity contribution is -0.134. The molecule has 6 rings (SSSR count). The van der Waals surface area contributed by atoms with Crippen molar-refractivity contribution in [3.05, 3.63) is 72.8 Å². The van der Waals surface area contributed by atoms with Gasteiger partial charge in [0.25, 0.3) is 5.97 Å². The number of aliphatic hydroxyl groups is 2.